The second kappa shape index (κ2) is 9.51. The summed E-state index contributed by atoms with van der Waals surface area (Å²) in [6, 6.07) is 16.7. The molecule has 0 fully saturated rings. The third kappa shape index (κ3) is 4.94. The monoisotopic (exact) mass is 572 g/mol. The van der Waals surface area contributed by atoms with Crippen molar-refractivity contribution in [1.82, 2.24) is 9.66 Å². The highest BCUT2D eigenvalue weighted by Crippen LogP contribution is 2.36. The molecular formula is C22H14Br2N4O5. The number of rotatable bonds is 6. The number of H-pyrrole nitrogens is 1. The topological polar surface area (TPSA) is 120 Å². The van der Waals surface area contributed by atoms with Crippen LogP contribution in [0.2, 0.25) is 0 Å². The number of para-hydroxylation sites is 1. The largest absolute Gasteiger partial charge is 0.481 e. The van der Waals surface area contributed by atoms with Crippen molar-refractivity contribution in [3.8, 4) is 5.75 Å². The Labute approximate surface area is 202 Å². The summed E-state index contributed by atoms with van der Waals surface area (Å²) in [5.74, 6) is 0.0563. The third-order valence-corrected chi connectivity index (χ3v) is 5.76. The van der Waals surface area contributed by atoms with Crippen LogP contribution in [0.5, 0.6) is 5.75 Å². The predicted octanol–water partition coefficient (Wildman–Crippen LogP) is 4.58. The molecule has 0 atom stereocenters. The highest BCUT2D eigenvalue weighted by Gasteiger charge is 2.20. The van der Waals surface area contributed by atoms with Gasteiger partial charge in [-0.1, -0.05) is 40.2 Å². The maximum absolute atomic E-state index is 12.6. The number of nitrogens with one attached hydrogen (secondary N) is 1. The molecule has 0 unspecified atom stereocenters. The van der Waals surface area contributed by atoms with Crippen LogP contribution in [0.1, 0.15) is 11.1 Å². The van der Waals surface area contributed by atoms with E-state index in [1.165, 1.54) is 12.3 Å². The molecule has 1 aromatic heterocycles. The summed E-state index contributed by atoms with van der Waals surface area (Å²) in [5.41, 5.74) is -0.0946. The maximum Gasteiger partial charge on any atom is 0.349 e. The van der Waals surface area contributed by atoms with Crippen LogP contribution < -0.4 is 16.0 Å². The van der Waals surface area contributed by atoms with E-state index in [9.17, 15) is 19.7 Å². The summed E-state index contributed by atoms with van der Waals surface area (Å²) in [5, 5.41) is 15.9. The second-order valence-corrected chi connectivity index (χ2v) is 8.63. The van der Waals surface area contributed by atoms with E-state index < -0.39 is 16.2 Å². The van der Waals surface area contributed by atoms with Crippen molar-refractivity contribution < 1.29 is 9.66 Å². The third-order valence-electron chi connectivity index (χ3n) is 4.65. The average molecular weight is 574 g/mol. The van der Waals surface area contributed by atoms with E-state index in [1.54, 1.807) is 30.3 Å². The highest BCUT2D eigenvalue weighted by atomic mass is 79.9. The van der Waals surface area contributed by atoms with E-state index in [1.807, 2.05) is 24.3 Å². The molecule has 1 N–H and O–H groups in total. The smallest absolute Gasteiger partial charge is 0.349 e. The molecule has 0 bridgehead atoms. The van der Waals surface area contributed by atoms with Crippen molar-refractivity contribution in [3.05, 3.63) is 112 Å². The molecule has 4 aromatic rings. The normalized spacial score (nSPS) is 11.2. The number of hydrogen-bond donors (Lipinski definition) is 1. The van der Waals surface area contributed by atoms with Gasteiger partial charge in [0.25, 0.3) is 5.56 Å². The number of halogens is 2. The van der Waals surface area contributed by atoms with Gasteiger partial charge in [0.1, 0.15) is 6.61 Å². The van der Waals surface area contributed by atoms with Crippen LogP contribution in [-0.2, 0) is 6.61 Å². The number of ether oxygens (including phenoxy) is 1. The Morgan fingerprint density at radius 3 is 2.55 bits per heavy atom. The SMILES string of the molecule is O=c1[nH]c2ccccc2c(=O)n1N=Cc1cc(Br)c(OCc2ccc(Br)cc2)c([N+](=O)[O-])c1. The molecule has 0 saturated heterocycles. The summed E-state index contributed by atoms with van der Waals surface area (Å²) in [4.78, 5) is 38.5. The van der Waals surface area contributed by atoms with Crippen LogP contribution in [0.15, 0.2) is 84.3 Å². The number of nitro groups is 1. The lowest BCUT2D eigenvalue weighted by Gasteiger charge is -2.10. The van der Waals surface area contributed by atoms with Gasteiger partial charge in [0, 0.05) is 16.1 Å². The molecule has 4 rings (SSSR count). The van der Waals surface area contributed by atoms with E-state index in [0.29, 0.717) is 20.2 Å². The summed E-state index contributed by atoms with van der Waals surface area (Å²) >= 11 is 6.66. The summed E-state index contributed by atoms with van der Waals surface area (Å²) in [6.07, 6.45) is 1.20. The fraction of sp³-hybridized carbons (Fsp3) is 0.0455. The second-order valence-electron chi connectivity index (χ2n) is 6.86. The van der Waals surface area contributed by atoms with Gasteiger partial charge in [-0.3, -0.25) is 14.9 Å². The molecule has 0 saturated carbocycles. The van der Waals surface area contributed by atoms with Gasteiger partial charge in [-0.05, 0) is 51.8 Å². The molecule has 11 heteroatoms. The number of benzene rings is 3. The molecule has 0 aliphatic heterocycles. The average Bonchev–Trinajstić information content (AvgIpc) is 2.79. The van der Waals surface area contributed by atoms with Crippen LogP contribution in [0.25, 0.3) is 10.9 Å². The van der Waals surface area contributed by atoms with Crippen LogP contribution in [-0.4, -0.2) is 20.8 Å². The maximum atomic E-state index is 12.6. The Kier molecular flexibility index (Phi) is 6.52. The fourth-order valence-corrected chi connectivity index (χ4v) is 3.92. The molecular weight excluding hydrogens is 560 g/mol. The van der Waals surface area contributed by atoms with Gasteiger partial charge < -0.3 is 9.72 Å². The van der Waals surface area contributed by atoms with Crippen molar-refractivity contribution in [2.75, 3.05) is 0 Å². The molecule has 9 nitrogen and oxygen atoms in total. The Morgan fingerprint density at radius 1 is 1.09 bits per heavy atom. The molecule has 1 heterocycles. The van der Waals surface area contributed by atoms with E-state index in [-0.39, 0.29) is 23.4 Å². The Hall–Kier alpha value is -3.57. The zero-order valence-electron chi connectivity index (χ0n) is 16.7. The number of hydrogen-bond acceptors (Lipinski definition) is 6. The molecule has 33 heavy (non-hydrogen) atoms. The first-order valence-electron chi connectivity index (χ1n) is 9.47. The van der Waals surface area contributed by atoms with E-state index in [2.05, 4.69) is 41.9 Å². The van der Waals surface area contributed by atoms with Crippen molar-refractivity contribution in [3.63, 3.8) is 0 Å². The van der Waals surface area contributed by atoms with Gasteiger partial charge in [-0.25, -0.2) is 4.79 Å². The number of aromatic nitrogens is 2. The van der Waals surface area contributed by atoms with Crippen LogP contribution in [0, 0.1) is 10.1 Å². The van der Waals surface area contributed by atoms with Crippen molar-refractivity contribution in [2.45, 2.75) is 6.61 Å². The molecule has 3 aromatic carbocycles. The zero-order valence-corrected chi connectivity index (χ0v) is 19.9. The fourth-order valence-electron chi connectivity index (χ4n) is 3.07. The predicted molar refractivity (Wildman–Crippen MR) is 131 cm³/mol. The first kappa shape index (κ1) is 22.6. The molecule has 0 aliphatic carbocycles. The highest BCUT2D eigenvalue weighted by molar-refractivity contribution is 9.10. The molecule has 0 aliphatic rings. The minimum atomic E-state index is -0.724. The first-order chi connectivity index (χ1) is 15.8. The van der Waals surface area contributed by atoms with Crippen molar-refractivity contribution >= 4 is 54.7 Å². The van der Waals surface area contributed by atoms with E-state index in [0.717, 1.165) is 10.0 Å². The summed E-state index contributed by atoms with van der Waals surface area (Å²) in [7, 11) is 0. The molecule has 0 radical (unpaired) electrons. The number of nitro benzene ring substituents is 1. The number of aromatic amines is 1. The van der Waals surface area contributed by atoms with Gasteiger partial charge in [0.2, 0.25) is 5.75 Å². The Balaban J connectivity index is 1.67. The summed E-state index contributed by atoms with van der Waals surface area (Å²) < 4.78 is 7.60. The Bertz CT molecular complexity index is 1510. The number of fused-ring (bicyclic) bond motifs is 1. The van der Waals surface area contributed by atoms with Gasteiger partial charge in [-0.2, -0.15) is 5.10 Å². The van der Waals surface area contributed by atoms with Crippen LogP contribution >= 0.6 is 31.9 Å². The lowest BCUT2D eigenvalue weighted by Crippen LogP contribution is -2.32. The van der Waals surface area contributed by atoms with Crippen molar-refractivity contribution in [1.29, 1.82) is 0 Å². The van der Waals surface area contributed by atoms with Gasteiger partial charge >= 0.3 is 11.4 Å². The van der Waals surface area contributed by atoms with E-state index in [4.69, 9.17) is 4.74 Å². The minimum Gasteiger partial charge on any atom is -0.481 e. The zero-order chi connectivity index (χ0) is 23.5. The quantitative estimate of drug-likeness (QED) is 0.206. The van der Waals surface area contributed by atoms with Gasteiger partial charge in [-0.15, -0.1) is 4.68 Å². The Morgan fingerprint density at radius 2 is 1.82 bits per heavy atom. The molecule has 0 amide bonds. The van der Waals surface area contributed by atoms with Crippen molar-refractivity contribution in [2.24, 2.45) is 5.10 Å². The number of nitrogens with zero attached hydrogens (tertiary/aromatic N) is 3. The first-order valence-corrected chi connectivity index (χ1v) is 11.1. The van der Waals surface area contributed by atoms with Gasteiger partial charge in [0.05, 0.1) is 26.5 Å². The van der Waals surface area contributed by atoms with Gasteiger partial charge in [0.15, 0.2) is 0 Å². The van der Waals surface area contributed by atoms with E-state index >= 15 is 0 Å². The standard InChI is InChI=1S/C22H14Br2N4O5/c23-15-7-5-13(6-8-15)12-33-20-17(24)9-14(10-19(20)28(31)32)11-25-27-21(29)16-3-1-2-4-18(16)26-22(27)30/h1-11H,12H2,(H,26,30). The lowest BCUT2D eigenvalue weighted by atomic mass is 10.2. The van der Waals surface area contributed by atoms with Crippen LogP contribution in [0.4, 0.5) is 5.69 Å². The molecule has 0 spiro atoms. The minimum absolute atomic E-state index is 0.0563. The summed E-state index contributed by atoms with van der Waals surface area (Å²) in [6.45, 7) is 0.127. The molecule has 166 valence electrons. The lowest BCUT2D eigenvalue weighted by molar-refractivity contribution is -0.386. The van der Waals surface area contributed by atoms with Crippen LogP contribution in [0.3, 0.4) is 0 Å².